The van der Waals surface area contributed by atoms with Crippen molar-refractivity contribution in [3.05, 3.63) is 206 Å². The molecule has 276 valence electrons. The van der Waals surface area contributed by atoms with Crippen LogP contribution in [-0.4, -0.2) is 17.2 Å². The zero-order chi connectivity index (χ0) is 38.7. The van der Waals surface area contributed by atoms with Crippen LogP contribution in [0.4, 0.5) is 0 Å². The molecule has 0 aliphatic carbocycles. The fraction of sp³-hybridized carbons (Fsp3) is 0. The van der Waals surface area contributed by atoms with Crippen molar-refractivity contribution in [3.8, 4) is 22.5 Å². The van der Waals surface area contributed by atoms with Gasteiger partial charge >= 0.3 is 0 Å². The van der Waals surface area contributed by atoms with Crippen molar-refractivity contribution in [1.82, 2.24) is 9.13 Å². The second-order valence-corrected chi connectivity index (χ2v) is 21.5. The molecule has 0 saturated heterocycles. The smallest absolute Gasteiger partial charge is 0.184 e. The summed E-state index contributed by atoms with van der Waals surface area (Å²) in [6, 6.07) is 77.5. The van der Waals surface area contributed by atoms with E-state index in [0.717, 1.165) is 11.4 Å². The van der Waals surface area contributed by atoms with E-state index in [4.69, 9.17) is 0 Å². The standard InChI is InChI=1S/C54H34N2S2Si/c1-2-16-39(17-3-1)59-52-28-14-12-26-48(52)57-50-32-36(33-51(54(50)59)58-49-27-13-15-29-53(49)59)35-30-37(55-44-22-8-4-18-40(44)41-19-5-9-23-45(41)55)34-38(31-35)56-46-24-10-6-20-42(46)43-21-7-11-25-47(43)56/h1-34H. The van der Waals surface area contributed by atoms with Gasteiger partial charge in [0.25, 0.3) is 0 Å². The van der Waals surface area contributed by atoms with Gasteiger partial charge in [-0.2, -0.15) is 0 Å². The first-order valence-corrected chi connectivity index (χ1v) is 23.8. The molecule has 11 aromatic rings. The Morgan fingerprint density at radius 1 is 0.322 bits per heavy atom. The van der Waals surface area contributed by atoms with Crippen LogP contribution >= 0.6 is 23.5 Å². The highest BCUT2D eigenvalue weighted by atomic mass is 32.2. The Hall–Kier alpha value is -6.50. The van der Waals surface area contributed by atoms with Crippen LogP contribution in [-0.2, 0) is 0 Å². The summed E-state index contributed by atoms with van der Waals surface area (Å²) in [4.78, 5) is 5.47. The first kappa shape index (κ1) is 33.5. The second kappa shape index (κ2) is 12.7. The number of para-hydroxylation sites is 4. The third-order valence-corrected chi connectivity index (χ3v) is 20.5. The molecule has 0 bridgehead atoms. The number of hydrogen-bond donors (Lipinski definition) is 0. The van der Waals surface area contributed by atoms with E-state index in [1.807, 2.05) is 23.5 Å². The summed E-state index contributed by atoms with van der Waals surface area (Å²) in [5.74, 6) is 0. The van der Waals surface area contributed by atoms with Crippen LogP contribution in [0, 0.1) is 0 Å². The Balaban J connectivity index is 1.13. The van der Waals surface area contributed by atoms with Crippen LogP contribution in [0.5, 0.6) is 0 Å². The van der Waals surface area contributed by atoms with Gasteiger partial charge in [-0.3, -0.25) is 0 Å². The zero-order valence-electron chi connectivity index (χ0n) is 31.8. The Bertz CT molecular complexity index is 3220. The van der Waals surface area contributed by atoms with Crippen molar-refractivity contribution in [2.75, 3.05) is 0 Å². The van der Waals surface area contributed by atoms with E-state index in [0.29, 0.717) is 0 Å². The molecule has 5 heteroatoms. The molecular formula is C54H34N2S2Si. The van der Waals surface area contributed by atoms with Crippen molar-refractivity contribution in [2.24, 2.45) is 0 Å². The molecule has 2 nitrogen and oxygen atoms in total. The number of nitrogens with zero attached hydrogens (tertiary/aromatic N) is 2. The van der Waals surface area contributed by atoms with Crippen LogP contribution in [0.1, 0.15) is 0 Å². The Morgan fingerprint density at radius 3 is 1.15 bits per heavy atom. The predicted molar refractivity (Wildman–Crippen MR) is 252 cm³/mol. The van der Waals surface area contributed by atoms with Gasteiger partial charge < -0.3 is 9.13 Å². The lowest BCUT2D eigenvalue weighted by Gasteiger charge is -2.44. The minimum absolute atomic E-state index is 1.15. The molecule has 0 unspecified atom stereocenters. The molecule has 0 saturated carbocycles. The maximum atomic E-state index is 2.51. The van der Waals surface area contributed by atoms with Gasteiger partial charge in [0.05, 0.1) is 22.1 Å². The summed E-state index contributed by atoms with van der Waals surface area (Å²) in [7, 11) is -2.66. The van der Waals surface area contributed by atoms with Crippen molar-refractivity contribution in [3.63, 3.8) is 0 Å². The largest absolute Gasteiger partial charge is 0.309 e. The van der Waals surface area contributed by atoms with Gasteiger partial charge in [-0.15, -0.1) is 0 Å². The fourth-order valence-corrected chi connectivity index (χ4v) is 19.6. The van der Waals surface area contributed by atoms with Crippen LogP contribution in [0.2, 0.25) is 0 Å². The van der Waals surface area contributed by atoms with Gasteiger partial charge in [0.15, 0.2) is 8.07 Å². The molecule has 13 rings (SSSR count). The number of aromatic nitrogens is 2. The first-order chi connectivity index (χ1) is 29.3. The third kappa shape index (κ3) is 4.72. The molecular weight excluding hydrogens is 769 g/mol. The van der Waals surface area contributed by atoms with Gasteiger partial charge in [-0.05, 0) is 98.6 Å². The summed E-state index contributed by atoms with van der Waals surface area (Å²) in [6.07, 6.45) is 0. The summed E-state index contributed by atoms with van der Waals surface area (Å²) in [6.45, 7) is 0. The van der Waals surface area contributed by atoms with E-state index in [9.17, 15) is 0 Å². The van der Waals surface area contributed by atoms with E-state index in [1.54, 1.807) is 0 Å². The van der Waals surface area contributed by atoms with Gasteiger partial charge in [0, 0.05) is 52.5 Å². The molecule has 0 fully saturated rings. The lowest BCUT2D eigenvalue weighted by Crippen LogP contribution is -2.78. The Kier molecular flexibility index (Phi) is 7.23. The topological polar surface area (TPSA) is 9.86 Å². The first-order valence-electron chi connectivity index (χ1n) is 20.2. The van der Waals surface area contributed by atoms with Crippen LogP contribution in [0.15, 0.2) is 226 Å². The van der Waals surface area contributed by atoms with Crippen molar-refractivity contribution in [2.45, 2.75) is 19.6 Å². The molecule has 9 aromatic carbocycles. The molecule has 2 aliphatic rings. The van der Waals surface area contributed by atoms with E-state index < -0.39 is 8.07 Å². The average Bonchev–Trinajstić information content (AvgIpc) is 3.82. The normalized spacial score (nSPS) is 13.8. The van der Waals surface area contributed by atoms with Crippen LogP contribution < -0.4 is 20.7 Å². The summed E-state index contributed by atoms with van der Waals surface area (Å²) in [5, 5.41) is 11.0. The van der Waals surface area contributed by atoms with Crippen molar-refractivity contribution >= 4 is 96.0 Å². The van der Waals surface area contributed by atoms with Gasteiger partial charge in [0.1, 0.15) is 0 Å². The molecule has 2 aliphatic heterocycles. The summed E-state index contributed by atoms with van der Waals surface area (Å²) < 4.78 is 4.94. The van der Waals surface area contributed by atoms with Crippen LogP contribution in [0.3, 0.4) is 0 Å². The minimum atomic E-state index is -2.66. The highest BCUT2D eigenvalue weighted by molar-refractivity contribution is 8.01. The molecule has 4 heterocycles. The molecule has 59 heavy (non-hydrogen) atoms. The van der Waals surface area contributed by atoms with Crippen LogP contribution in [0.25, 0.3) is 66.1 Å². The highest BCUT2D eigenvalue weighted by Gasteiger charge is 2.51. The Labute approximate surface area is 351 Å². The second-order valence-electron chi connectivity index (χ2n) is 15.6. The predicted octanol–water partition coefficient (Wildman–Crippen LogP) is 11.9. The number of rotatable bonds is 4. The maximum absolute atomic E-state index is 2.66. The van der Waals surface area contributed by atoms with E-state index in [1.165, 1.54) is 95.1 Å². The molecule has 0 atom stereocenters. The summed E-state index contributed by atoms with van der Waals surface area (Å²) in [5.41, 5.74) is 9.55. The molecule has 0 amide bonds. The minimum Gasteiger partial charge on any atom is -0.309 e. The highest BCUT2D eigenvalue weighted by Crippen LogP contribution is 2.45. The average molecular weight is 803 g/mol. The number of benzene rings is 9. The monoisotopic (exact) mass is 802 g/mol. The van der Waals surface area contributed by atoms with Crippen molar-refractivity contribution in [1.29, 1.82) is 0 Å². The maximum Gasteiger partial charge on any atom is 0.184 e. The van der Waals surface area contributed by atoms with Gasteiger partial charge in [-0.25, -0.2) is 0 Å². The molecule has 0 radical (unpaired) electrons. The SMILES string of the molecule is c1ccc([Si]23c4ccccc4Sc4cc(-c5cc(-n6c7ccccc7c7ccccc76)cc(-n6c7ccccc7c7ccccc76)c5)cc(c42)Sc2ccccc23)cc1. The third-order valence-electron chi connectivity index (χ3n) is 12.6. The Morgan fingerprint density at radius 2 is 0.695 bits per heavy atom. The number of fused-ring (bicyclic) bond motifs is 10. The summed E-state index contributed by atoms with van der Waals surface area (Å²) >= 11 is 3.90. The lowest BCUT2D eigenvalue weighted by molar-refractivity contribution is 1.13. The molecule has 2 aromatic heterocycles. The van der Waals surface area contributed by atoms with Gasteiger partial charge in [0.2, 0.25) is 0 Å². The van der Waals surface area contributed by atoms with Crippen molar-refractivity contribution < 1.29 is 0 Å². The zero-order valence-corrected chi connectivity index (χ0v) is 34.5. The van der Waals surface area contributed by atoms with E-state index >= 15 is 0 Å². The van der Waals surface area contributed by atoms with E-state index in [2.05, 4.69) is 215 Å². The number of hydrogen-bond acceptors (Lipinski definition) is 2. The molecule has 0 N–H and O–H groups in total. The van der Waals surface area contributed by atoms with E-state index in [-0.39, 0.29) is 0 Å². The quantitative estimate of drug-likeness (QED) is 0.164. The fourth-order valence-electron chi connectivity index (χ4n) is 10.2. The lowest BCUT2D eigenvalue weighted by atomic mass is 10.0. The molecule has 0 spiro atoms. The van der Waals surface area contributed by atoms with Gasteiger partial charge in [-0.1, -0.05) is 163 Å².